The predicted octanol–water partition coefficient (Wildman–Crippen LogP) is 9.14. The molecule has 7 aromatic rings. The third-order valence-electron chi connectivity index (χ3n) is 8.17. The molecule has 0 fully saturated rings. The highest BCUT2D eigenvalue weighted by Gasteiger charge is 2.30. The van der Waals surface area contributed by atoms with Gasteiger partial charge in [0.2, 0.25) is 6.71 Å². The number of para-hydroxylation sites is 6. The van der Waals surface area contributed by atoms with Crippen molar-refractivity contribution in [2.45, 2.75) is 0 Å². The summed E-state index contributed by atoms with van der Waals surface area (Å²) in [6.07, 6.45) is 0. The Morgan fingerprint density at radius 3 is 0.867 bits per heavy atom. The molecule has 2 nitrogen and oxygen atoms in total. The van der Waals surface area contributed by atoms with Crippen molar-refractivity contribution in [3.8, 4) is 0 Å². The van der Waals surface area contributed by atoms with Crippen molar-refractivity contribution < 1.29 is 0 Å². The highest BCUT2D eigenvalue weighted by molar-refractivity contribution is 6.97. The van der Waals surface area contributed by atoms with Gasteiger partial charge >= 0.3 is 0 Å². The van der Waals surface area contributed by atoms with Crippen molar-refractivity contribution in [2.75, 3.05) is 9.80 Å². The Morgan fingerprint density at radius 2 is 0.533 bits per heavy atom. The van der Waals surface area contributed by atoms with Gasteiger partial charge in [-0.1, -0.05) is 145 Å². The summed E-state index contributed by atoms with van der Waals surface area (Å²) >= 11 is 0. The van der Waals surface area contributed by atoms with E-state index >= 15 is 0 Å². The van der Waals surface area contributed by atoms with E-state index in [0.29, 0.717) is 0 Å². The summed E-state index contributed by atoms with van der Waals surface area (Å²) in [4.78, 5) is 4.75. The molecule has 0 amide bonds. The molecule has 0 atom stereocenters. The van der Waals surface area contributed by atoms with E-state index < -0.39 is 0 Å². The molecule has 0 aliphatic carbocycles. The lowest BCUT2D eigenvalue weighted by atomic mass is 9.36. The van der Waals surface area contributed by atoms with E-state index in [1.807, 2.05) is 0 Å². The minimum atomic E-state index is -0.0524. The Bertz CT molecular complexity index is 1740. The van der Waals surface area contributed by atoms with Gasteiger partial charge in [0.25, 0.3) is 0 Å². The Labute approximate surface area is 266 Å². The van der Waals surface area contributed by atoms with Gasteiger partial charge in [-0.2, -0.15) is 0 Å². The minimum absolute atomic E-state index is 0.0524. The van der Waals surface area contributed by atoms with E-state index in [1.165, 1.54) is 16.4 Å². The quantitative estimate of drug-likeness (QED) is 0.158. The maximum Gasteiger partial charge on any atom is 0.246 e. The molecule has 7 rings (SSSR count). The monoisotopic (exact) mass is 576 g/mol. The van der Waals surface area contributed by atoms with Gasteiger partial charge in [-0.15, -0.1) is 0 Å². The second-order valence-corrected chi connectivity index (χ2v) is 11.0. The van der Waals surface area contributed by atoms with Crippen molar-refractivity contribution in [1.82, 2.24) is 0 Å². The molecule has 45 heavy (non-hydrogen) atoms. The van der Waals surface area contributed by atoms with Gasteiger partial charge in [0.15, 0.2) is 0 Å². The van der Waals surface area contributed by atoms with Gasteiger partial charge in [-0.3, -0.25) is 0 Å². The Balaban J connectivity index is 1.49. The number of hydrogen-bond donors (Lipinski definition) is 0. The summed E-state index contributed by atoms with van der Waals surface area (Å²) in [5.41, 5.74) is 10.4. The highest BCUT2D eigenvalue weighted by Crippen LogP contribution is 2.35. The molecule has 0 spiro atoms. The van der Waals surface area contributed by atoms with Crippen LogP contribution in [0.4, 0.5) is 34.1 Å². The molecule has 0 saturated carbocycles. The third-order valence-corrected chi connectivity index (χ3v) is 8.17. The molecule has 0 aliphatic heterocycles. The molecule has 0 heterocycles. The lowest BCUT2D eigenvalue weighted by molar-refractivity contribution is 1.29. The fourth-order valence-corrected chi connectivity index (χ4v) is 6.21. The van der Waals surface area contributed by atoms with Crippen LogP contribution in [0.3, 0.4) is 0 Å². The molecule has 0 N–H and O–H groups in total. The van der Waals surface area contributed by atoms with Gasteiger partial charge in [-0.05, 0) is 71.6 Å². The average molecular weight is 577 g/mol. The number of rotatable bonds is 9. The molecular weight excluding hydrogens is 543 g/mol. The zero-order valence-electron chi connectivity index (χ0n) is 25.0. The lowest BCUT2D eigenvalue weighted by Gasteiger charge is -2.32. The summed E-state index contributed by atoms with van der Waals surface area (Å²) < 4.78 is 0. The van der Waals surface area contributed by atoms with Crippen LogP contribution < -0.4 is 26.2 Å². The summed E-state index contributed by atoms with van der Waals surface area (Å²) in [6, 6.07) is 71.2. The maximum atomic E-state index is 2.38. The zero-order chi connectivity index (χ0) is 30.3. The van der Waals surface area contributed by atoms with Crippen LogP contribution in [0.2, 0.25) is 0 Å². The first-order valence-electron chi connectivity index (χ1n) is 15.4. The Kier molecular flexibility index (Phi) is 8.24. The topological polar surface area (TPSA) is 6.48 Å². The SMILES string of the molecule is c1ccc(B(c2ccccc2N(c2ccccc2)c2ccccc2)c2ccccc2N(c2ccccc2)c2ccccc2)cc1. The molecule has 0 bridgehead atoms. The standard InChI is InChI=1S/C42H33BN2/c1-6-20-34(21-7-1)43(39-30-16-18-32-41(39)44(35-22-8-2-9-23-35)36-24-10-3-11-25-36)40-31-17-19-33-42(40)45(37-26-12-4-13-27-37)38-28-14-5-15-29-38/h1-33H. The van der Waals surface area contributed by atoms with Gasteiger partial charge in [-0.25, -0.2) is 0 Å². The van der Waals surface area contributed by atoms with Crippen molar-refractivity contribution >= 4 is 57.2 Å². The molecule has 0 radical (unpaired) electrons. The maximum absolute atomic E-state index is 2.38. The first-order valence-corrected chi connectivity index (χ1v) is 15.4. The van der Waals surface area contributed by atoms with Crippen LogP contribution in [0.5, 0.6) is 0 Å². The van der Waals surface area contributed by atoms with E-state index in [-0.39, 0.29) is 6.71 Å². The van der Waals surface area contributed by atoms with Crippen molar-refractivity contribution in [3.63, 3.8) is 0 Å². The number of benzene rings is 7. The second kappa shape index (κ2) is 13.2. The van der Waals surface area contributed by atoms with Crippen molar-refractivity contribution in [3.05, 3.63) is 200 Å². The van der Waals surface area contributed by atoms with Crippen LogP contribution >= 0.6 is 0 Å². The van der Waals surface area contributed by atoms with Crippen LogP contribution in [0.15, 0.2) is 200 Å². The number of nitrogens with zero attached hydrogens (tertiary/aromatic N) is 2. The highest BCUT2D eigenvalue weighted by atomic mass is 15.1. The molecule has 0 unspecified atom stereocenters. The first-order chi connectivity index (χ1) is 22.4. The van der Waals surface area contributed by atoms with Crippen LogP contribution in [-0.2, 0) is 0 Å². The fourth-order valence-electron chi connectivity index (χ4n) is 6.21. The Morgan fingerprint density at radius 1 is 0.267 bits per heavy atom. The molecule has 214 valence electrons. The van der Waals surface area contributed by atoms with Gasteiger partial charge < -0.3 is 9.80 Å². The third kappa shape index (κ3) is 5.89. The second-order valence-electron chi connectivity index (χ2n) is 11.0. The summed E-state index contributed by atoms with van der Waals surface area (Å²) in [6.45, 7) is -0.0524. The van der Waals surface area contributed by atoms with E-state index in [0.717, 1.165) is 34.1 Å². The lowest BCUT2D eigenvalue weighted by Crippen LogP contribution is -2.54. The predicted molar refractivity (Wildman–Crippen MR) is 193 cm³/mol. The van der Waals surface area contributed by atoms with E-state index in [9.17, 15) is 0 Å². The van der Waals surface area contributed by atoms with Crippen LogP contribution in [0.25, 0.3) is 0 Å². The number of hydrogen-bond acceptors (Lipinski definition) is 2. The summed E-state index contributed by atoms with van der Waals surface area (Å²) in [7, 11) is 0. The zero-order valence-corrected chi connectivity index (χ0v) is 25.0. The largest absolute Gasteiger partial charge is 0.311 e. The number of anilines is 6. The smallest absolute Gasteiger partial charge is 0.246 e. The van der Waals surface area contributed by atoms with Crippen molar-refractivity contribution in [2.24, 2.45) is 0 Å². The fraction of sp³-hybridized carbons (Fsp3) is 0. The van der Waals surface area contributed by atoms with E-state index in [2.05, 4.69) is 210 Å². The van der Waals surface area contributed by atoms with E-state index in [4.69, 9.17) is 0 Å². The summed E-state index contributed by atoms with van der Waals surface area (Å²) in [5, 5.41) is 0. The normalized spacial score (nSPS) is 10.7. The van der Waals surface area contributed by atoms with Crippen LogP contribution in [0.1, 0.15) is 0 Å². The molecule has 0 aliphatic rings. The van der Waals surface area contributed by atoms with Gasteiger partial charge in [0.1, 0.15) is 0 Å². The van der Waals surface area contributed by atoms with Crippen LogP contribution in [0, 0.1) is 0 Å². The molecular formula is C42H33BN2. The minimum Gasteiger partial charge on any atom is -0.311 e. The first kappa shape index (κ1) is 28.0. The molecule has 7 aromatic carbocycles. The van der Waals surface area contributed by atoms with Gasteiger partial charge in [0.05, 0.1) is 0 Å². The molecule has 0 aromatic heterocycles. The van der Waals surface area contributed by atoms with E-state index in [1.54, 1.807) is 0 Å². The van der Waals surface area contributed by atoms with Crippen molar-refractivity contribution in [1.29, 1.82) is 0 Å². The average Bonchev–Trinajstić information content (AvgIpc) is 3.12. The summed E-state index contributed by atoms with van der Waals surface area (Å²) in [5.74, 6) is 0. The molecule has 0 saturated heterocycles. The van der Waals surface area contributed by atoms with Crippen LogP contribution in [-0.4, -0.2) is 6.71 Å². The van der Waals surface area contributed by atoms with Gasteiger partial charge in [0, 0.05) is 34.1 Å². The molecule has 3 heteroatoms. The Hall–Kier alpha value is -5.80.